The summed E-state index contributed by atoms with van der Waals surface area (Å²) in [5.74, 6) is 3.71. The molecule has 0 bridgehead atoms. The second kappa shape index (κ2) is 5.13. The van der Waals surface area contributed by atoms with Gasteiger partial charge in [-0.15, -0.1) is 0 Å². The Morgan fingerprint density at radius 1 is 1.11 bits per heavy atom. The highest BCUT2D eigenvalue weighted by molar-refractivity contribution is 5.02. The lowest BCUT2D eigenvalue weighted by molar-refractivity contribution is 0.0484. The minimum Gasteiger partial charge on any atom is -0.316 e. The summed E-state index contributed by atoms with van der Waals surface area (Å²) in [6, 6.07) is 1.73. The van der Waals surface area contributed by atoms with Crippen molar-refractivity contribution in [1.82, 2.24) is 10.2 Å². The Kier molecular flexibility index (Phi) is 3.68. The van der Waals surface area contributed by atoms with E-state index in [0.29, 0.717) is 0 Å². The Morgan fingerprint density at radius 3 is 2.50 bits per heavy atom. The van der Waals surface area contributed by atoms with E-state index >= 15 is 0 Å². The maximum absolute atomic E-state index is 3.61. The van der Waals surface area contributed by atoms with Gasteiger partial charge in [-0.1, -0.05) is 27.2 Å². The molecule has 2 nitrogen and oxygen atoms in total. The highest BCUT2D eigenvalue weighted by Gasteiger charge is 2.47. The Morgan fingerprint density at radius 2 is 1.83 bits per heavy atom. The van der Waals surface area contributed by atoms with E-state index in [4.69, 9.17) is 0 Å². The largest absolute Gasteiger partial charge is 0.316 e. The number of nitrogens with zero attached hydrogens (tertiary/aromatic N) is 1. The normalized spacial score (nSPS) is 49.5. The Balaban J connectivity index is 1.78. The van der Waals surface area contributed by atoms with Crippen LogP contribution in [0.3, 0.4) is 0 Å². The number of fused-ring (bicyclic) bond motifs is 1. The van der Waals surface area contributed by atoms with E-state index in [1.54, 1.807) is 0 Å². The molecule has 1 N–H and O–H groups in total. The van der Waals surface area contributed by atoms with E-state index in [0.717, 1.165) is 35.8 Å². The molecule has 2 aliphatic heterocycles. The number of nitrogens with one attached hydrogen (secondary N) is 1. The first-order valence-corrected chi connectivity index (χ1v) is 8.18. The topological polar surface area (TPSA) is 15.3 Å². The SMILES string of the molecule is CCC1C2CNCC2CN1C1C(C)CCCC1C. The lowest BCUT2D eigenvalue weighted by Crippen LogP contribution is -2.50. The highest BCUT2D eigenvalue weighted by atomic mass is 15.2. The fourth-order valence-corrected chi connectivity index (χ4v) is 5.25. The van der Waals surface area contributed by atoms with Crippen molar-refractivity contribution in [3.05, 3.63) is 0 Å². The van der Waals surface area contributed by atoms with Crippen LogP contribution in [-0.2, 0) is 0 Å². The van der Waals surface area contributed by atoms with Gasteiger partial charge in [0.1, 0.15) is 0 Å². The van der Waals surface area contributed by atoms with Crippen LogP contribution in [0, 0.1) is 23.7 Å². The third kappa shape index (κ3) is 2.02. The molecule has 0 aromatic heterocycles. The third-order valence-electron chi connectivity index (χ3n) is 6.04. The lowest BCUT2D eigenvalue weighted by Gasteiger charge is -2.44. The monoisotopic (exact) mass is 250 g/mol. The average molecular weight is 250 g/mol. The van der Waals surface area contributed by atoms with Crippen molar-refractivity contribution in [2.45, 2.75) is 58.5 Å². The second-order valence-corrected chi connectivity index (χ2v) is 7.13. The molecule has 5 atom stereocenters. The van der Waals surface area contributed by atoms with Crippen molar-refractivity contribution in [2.75, 3.05) is 19.6 Å². The van der Waals surface area contributed by atoms with E-state index in [-0.39, 0.29) is 0 Å². The van der Waals surface area contributed by atoms with Crippen LogP contribution in [-0.4, -0.2) is 36.6 Å². The van der Waals surface area contributed by atoms with Crippen LogP contribution in [0.25, 0.3) is 0 Å². The van der Waals surface area contributed by atoms with Gasteiger partial charge < -0.3 is 5.32 Å². The molecule has 1 saturated carbocycles. The summed E-state index contributed by atoms with van der Waals surface area (Å²) in [6.45, 7) is 11.3. The molecule has 2 heteroatoms. The van der Waals surface area contributed by atoms with Gasteiger partial charge in [0.25, 0.3) is 0 Å². The quantitative estimate of drug-likeness (QED) is 0.811. The molecule has 0 aromatic carbocycles. The summed E-state index contributed by atoms with van der Waals surface area (Å²) in [7, 11) is 0. The summed E-state index contributed by atoms with van der Waals surface area (Å²) in [4.78, 5) is 2.94. The number of rotatable bonds is 2. The van der Waals surface area contributed by atoms with Gasteiger partial charge in [0.2, 0.25) is 0 Å². The van der Waals surface area contributed by atoms with Crippen LogP contribution in [0.5, 0.6) is 0 Å². The van der Waals surface area contributed by atoms with E-state index < -0.39 is 0 Å². The average Bonchev–Trinajstić information content (AvgIpc) is 2.88. The first-order valence-electron chi connectivity index (χ1n) is 8.18. The number of hydrogen-bond donors (Lipinski definition) is 1. The summed E-state index contributed by atoms with van der Waals surface area (Å²) in [5, 5.41) is 3.61. The zero-order valence-electron chi connectivity index (χ0n) is 12.4. The van der Waals surface area contributed by atoms with Gasteiger partial charge in [-0.05, 0) is 56.0 Å². The summed E-state index contributed by atoms with van der Waals surface area (Å²) < 4.78 is 0. The molecule has 18 heavy (non-hydrogen) atoms. The predicted molar refractivity (Wildman–Crippen MR) is 76.6 cm³/mol. The highest BCUT2D eigenvalue weighted by Crippen LogP contribution is 2.41. The minimum absolute atomic E-state index is 0.859. The van der Waals surface area contributed by atoms with Crippen molar-refractivity contribution < 1.29 is 0 Å². The zero-order chi connectivity index (χ0) is 12.7. The van der Waals surface area contributed by atoms with E-state index in [1.807, 2.05) is 0 Å². The standard InChI is InChI=1S/C16H30N2/c1-4-15-14-9-17-8-13(14)10-18(15)16-11(2)6-5-7-12(16)3/h11-17H,4-10H2,1-3H3. The smallest absolute Gasteiger partial charge is 0.0150 e. The molecule has 0 radical (unpaired) electrons. The molecule has 3 rings (SSSR count). The van der Waals surface area contributed by atoms with Crippen LogP contribution < -0.4 is 5.32 Å². The summed E-state index contributed by atoms with van der Waals surface area (Å²) in [5.41, 5.74) is 0. The number of hydrogen-bond acceptors (Lipinski definition) is 2. The molecule has 0 spiro atoms. The van der Waals surface area contributed by atoms with Gasteiger partial charge in [0.05, 0.1) is 0 Å². The van der Waals surface area contributed by atoms with Gasteiger partial charge in [-0.3, -0.25) is 4.90 Å². The molecule has 2 saturated heterocycles. The zero-order valence-corrected chi connectivity index (χ0v) is 12.4. The van der Waals surface area contributed by atoms with Crippen LogP contribution in [0.1, 0.15) is 46.5 Å². The Bertz CT molecular complexity index is 281. The Hall–Kier alpha value is -0.0800. The first kappa shape index (κ1) is 12.9. The second-order valence-electron chi connectivity index (χ2n) is 7.13. The van der Waals surface area contributed by atoms with Crippen LogP contribution in [0.4, 0.5) is 0 Å². The molecule has 3 fully saturated rings. The predicted octanol–water partition coefficient (Wildman–Crippen LogP) is 2.74. The van der Waals surface area contributed by atoms with Gasteiger partial charge in [0, 0.05) is 18.6 Å². The van der Waals surface area contributed by atoms with E-state index in [2.05, 4.69) is 31.0 Å². The van der Waals surface area contributed by atoms with Gasteiger partial charge in [-0.25, -0.2) is 0 Å². The molecule has 1 aliphatic carbocycles. The molecule has 0 amide bonds. The van der Waals surface area contributed by atoms with Crippen molar-refractivity contribution in [2.24, 2.45) is 23.7 Å². The van der Waals surface area contributed by atoms with Crippen molar-refractivity contribution in [3.8, 4) is 0 Å². The molecular weight excluding hydrogens is 220 g/mol. The van der Waals surface area contributed by atoms with Crippen molar-refractivity contribution in [1.29, 1.82) is 0 Å². The maximum Gasteiger partial charge on any atom is 0.0150 e. The number of likely N-dealkylation sites (tertiary alicyclic amines) is 1. The fraction of sp³-hybridized carbons (Fsp3) is 1.00. The third-order valence-corrected chi connectivity index (χ3v) is 6.04. The van der Waals surface area contributed by atoms with Crippen LogP contribution >= 0.6 is 0 Å². The van der Waals surface area contributed by atoms with Crippen LogP contribution in [0.15, 0.2) is 0 Å². The lowest BCUT2D eigenvalue weighted by atomic mass is 9.77. The van der Waals surface area contributed by atoms with Crippen LogP contribution in [0.2, 0.25) is 0 Å². The Labute approximate surface area is 113 Å². The molecule has 0 aromatic rings. The van der Waals surface area contributed by atoms with Gasteiger partial charge in [-0.2, -0.15) is 0 Å². The fourth-order valence-electron chi connectivity index (χ4n) is 5.25. The summed E-state index contributed by atoms with van der Waals surface area (Å²) in [6.07, 6.45) is 5.71. The molecule has 2 heterocycles. The van der Waals surface area contributed by atoms with E-state index in [1.165, 1.54) is 45.3 Å². The molecule has 3 aliphatic rings. The molecular formula is C16H30N2. The van der Waals surface area contributed by atoms with E-state index in [9.17, 15) is 0 Å². The van der Waals surface area contributed by atoms with Gasteiger partial charge >= 0.3 is 0 Å². The maximum atomic E-state index is 3.61. The molecule has 5 unspecified atom stereocenters. The molecule has 104 valence electrons. The van der Waals surface area contributed by atoms with Crippen molar-refractivity contribution >= 4 is 0 Å². The van der Waals surface area contributed by atoms with Gasteiger partial charge in [0.15, 0.2) is 0 Å². The first-order chi connectivity index (χ1) is 8.72. The minimum atomic E-state index is 0.859. The van der Waals surface area contributed by atoms with Crippen molar-refractivity contribution in [3.63, 3.8) is 0 Å². The summed E-state index contributed by atoms with van der Waals surface area (Å²) >= 11 is 0.